The first-order valence-corrected chi connectivity index (χ1v) is 15.4. The van der Waals surface area contributed by atoms with Gasteiger partial charge in [0.1, 0.15) is 0 Å². The first-order chi connectivity index (χ1) is 16.2. The van der Waals surface area contributed by atoms with Crippen LogP contribution in [0.5, 0.6) is 0 Å². The zero-order valence-electron chi connectivity index (χ0n) is 21.8. The van der Waals surface area contributed by atoms with Gasteiger partial charge < -0.3 is 0 Å². The van der Waals surface area contributed by atoms with Gasteiger partial charge in [-0.25, -0.2) is 16.8 Å². The van der Waals surface area contributed by atoms with E-state index in [9.17, 15) is 16.8 Å². The fraction of sp³-hybridized carbons (Fsp3) is 0.448. The molecular weight excluding hydrogens is 476 g/mol. The van der Waals surface area contributed by atoms with Gasteiger partial charge in [-0.3, -0.25) is 0 Å². The van der Waals surface area contributed by atoms with Gasteiger partial charge in [-0.15, -0.1) is 0 Å². The molecule has 0 aromatic heterocycles. The Morgan fingerprint density at radius 3 is 1.91 bits per heavy atom. The van der Waals surface area contributed by atoms with Gasteiger partial charge in [-0.1, -0.05) is 66.5 Å². The van der Waals surface area contributed by atoms with Gasteiger partial charge in [-0.05, 0) is 88.6 Å². The number of rotatable bonds is 8. The number of aryl methyl sites for hydroxylation is 2. The molecule has 0 fully saturated rings. The molecule has 4 nitrogen and oxygen atoms in total. The van der Waals surface area contributed by atoms with Crippen molar-refractivity contribution < 1.29 is 16.8 Å². The molecule has 0 saturated heterocycles. The van der Waals surface area contributed by atoms with Crippen molar-refractivity contribution in [2.24, 2.45) is 5.41 Å². The zero-order valence-corrected chi connectivity index (χ0v) is 23.4. The minimum atomic E-state index is -3.68. The summed E-state index contributed by atoms with van der Waals surface area (Å²) in [5.41, 5.74) is 4.66. The minimum absolute atomic E-state index is 0.152. The van der Waals surface area contributed by atoms with Gasteiger partial charge in [-0.2, -0.15) is 0 Å². The number of allylic oxidation sites excluding steroid dienone is 2. The van der Waals surface area contributed by atoms with E-state index < -0.39 is 24.9 Å². The van der Waals surface area contributed by atoms with Gasteiger partial charge in [0.15, 0.2) is 19.7 Å². The summed E-state index contributed by atoms with van der Waals surface area (Å²) < 4.78 is 53.7. The summed E-state index contributed by atoms with van der Waals surface area (Å²) >= 11 is 0. The van der Waals surface area contributed by atoms with Crippen LogP contribution in [0.2, 0.25) is 0 Å². The maximum atomic E-state index is 14.0. The highest BCUT2D eigenvalue weighted by Gasteiger charge is 2.40. The molecule has 0 radical (unpaired) electrons. The van der Waals surface area contributed by atoms with Crippen molar-refractivity contribution >= 4 is 19.7 Å². The summed E-state index contributed by atoms with van der Waals surface area (Å²) in [6.45, 7) is 12.0. The molecule has 2 aromatic carbocycles. The van der Waals surface area contributed by atoms with Gasteiger partial charge in [0.2, 0.25) is 0 Å². The second kappa shape index (κ2) is 10.4. The van der Waals surface area contributed by atoms with Gasteiger partial charge in [0.25, 0.3) is 0 Å². The number of sulfone groups is 2. The molecule has 0 spiro atoms. The molecule has 1 atom stereocenters. The van der Waals surface area contributed by atoms with E-state index in [1.54, 1.807) is 42.5 Å². The molecule has 1 unspecified atom stereocenters. The molecule has 0 heterocycles. The molecule has 3 rings (SSSR count). The standard InChI is InChI=1S/C29H38O4S2/c1-21-9-13-25(14-10-21)34(30,31)19-17-23(3)20-27(28-24(4)8-7-18-29(28,5)6)35(32,33)26-15-11-22(2)12-16-26/h9-17,27H,7-8,18-20H2,1-6H3. The third-order valence-corrected chi connectivity index (χ3v) is 10.8. The molecule has 35 heavy (non-hydrogen) atoms. The van der Waals surface area contributed by atoms with E-state index in [1.807, 2.05) is 32.9 Å². The smallest absolute Gasteiger partial charge is 0.185 e. The Balaban J connectivity index is 2.00. The van der Waals surface area contributed by atoms with Crippen LogP contribution in [0.4, 0.5) is 0 Å². The Kier molecular flexibility index (Phi) is 8.17. The summed E-state index contributed by atoms with van der Waals surface area (Å²) in [6.07, 6.45) is 4.82. The fourth-order valence-electron chi connectivity index (χ4n) is 5.08. The topological polar surface area (TPSA) is 68.3 Å². The van der Waals surface area contributed by atoms with Gasteiger partial charge in [0, 0.05) is 0 Å². The van der Waals surface area contributed by atoms with Crippen LogP contribution in [-0.2, 0) is 19.7 Å². The highest BCUT2D eigenvalue weighted by molar-refractivity contribution is 7.92. The first-order valence-electron chi connectivity index (χ1n) is 12.2. The Morgan fingerprint density at radius 1 is 0.886 bits per heavy atom. The van der Waals surface area contributed by atoms with Gasteiger partial charge >= 0.3 is 0 Å². The lowest BCUT2D eigenvalue weighted by atomic mass is 9.71. The minimum Gasteiger partial charge on any atom is -0.223 e. The predicted molar refractivity (Wildman–Crippen MR) is 144 cm³/mol. The average Bonchev–Trinajstić information content (AvgIpc) is 2.77. The third-order valence-electron chi connectivity index (χ3n) is 7.13. The Bertz CT molecular complexity index is 1330. The molecule has 1 aliphatic carbocycles. The van der Waals surface area contributed by atoms with Crippen LogP contribution < -0.4 is 0 Å². The Hall–Kier alpha value is -2.18. The summed E-state index contributed by atoms with van der Waals surface area (Å²) in [5, 5.41) is -0.723. The fourth-order valence-corrected chi connectivity index (χ4v) is 8.49. The third kappa shape index (κ3) is 6.34. The van der Waals surface area contributed by atoms with E-state index in [4.69, 9.17) is 0 Å². The summed E-state index contributed by atoms with van der Waals surface area (Å²) in [5.74, 6) is -0.152. The largest absolute Gasteiger partial charge is 0.223 e. The van der Waals surface area contributed by atoms with E-state index in [0.29, 0.717) is 4.90 Å². The molecule has 6 heteroatoms. The van der Waals surface area contributed by atoms with Crippen molar-refractivity contribution in [3.05, 3.63) is 82.5 Å². The molecule has 0 bridgehead atoms. The average molecular weight is 515 g/mol. The van der Waals surface area contributed by atoms with Crippen molar-refractivity contribution in [2.75, 3.05) is 5.75 Å². The zero-order chi connectivity index (χ0) is 26.0. The normalized spacial score (nSPS) is 17.9. The molecule has 0 N–H and O–H groups in total. The van der Waals surface area contributed by atoms with Crippen molar-refractivity contribution in [2.45, 2.75) is 82.3 Å². The number of hydrogen-bond donors (Lipinski definition) is 0. The molecule has 0 aliphatic heterocycles. The van der Waals surface area contributed by atoms with Crippen molar-refractivity contribution in [3.8, 4) is 0 Å². The highest BCUT2D eigenvalue weighted by atomic mass is 32.2. The molecule has 2 aromatic rings. The van der Waals surface area contributed by atoms with Crippen LogP contribution in [0, 0.1) is 19.3 Å². The van der Waals surface area contributed by atoms with E-state index in [1.165, 1.54) is 0 Å². The Labute approximate surface area is 212 Å². The lowest BCUT2D eigenvalue weighted by molar-refractivity contribution is 0.353. The predicted octanol–water partition coefficient (Wildman–Crippen LogP) is 6.78. The lowest BCUT2D eigenvalue weighted by Gasteiger charge is -2.39. The van der Waals surface area contributed by atoms with Gasteiger partial charge in [0.05, 0.1) is 20.8 Å². The van der Waals surface area contributed by atoms with E-state index >= 15 is 0 Å². The van der Waals surface area contributed by atoms with Crippen LogP contribution in [-0.4, -0.2) is 27.8 Å². The molecular formula is C29H38O4S2. The Morgan fingerprint density at radius 2 is 1.40 bits per heavy atom. The van der Waals surface area contributed by atoms with Crippen molar-refractivity contribution in [3.63, 3.8) is 0 Å². The number of benzene rings is 2. The second-order valence-electron chi connectivity index (χ2n) is 10.6. The quantitative estimate of drug-likeness (QED) is 0.364. The highest BCUT2D eigenvalue weighted by Crippen LogP contribution is 2.46. The maximum absolute atomic E-state index is 14.0. The van der Waals surface area contributed by atoms with Crippen LogP contribution in [0.1, 0.15) is 64.5 Å². The monoisotopic (exact) mass is 514 g/mol. The van der Waals surface area contributed by atoms with E-state index in [0.717, 1.165) is 47.1 Å². The van der Waals surface area contributed by atoms with Crippen LogP contribution >= 0.6 is 0 Å². The molecule has 1 aliphatic rings. The molecule has 0 amide bonds. The summed E-state index contributed by atoms with van der Waals surface area (Å²) in [6, 6.07) is 13.8. The molecule has 190 valence electrons. The number of hydrogen-bond acceptors (Lipinski definition) is 4. The van der Waals surface area contributed by atoms with E-state index in [2.05, 4.69) is 20.8 Å². The first kappa shape index (κ1) is 27.4. The second-order valence-corrected chi connectivity index (χ2v) is 14.8. The van der Waals surface area contributed by atoms with Crippen LogP contribution in [0.25, 0.3) is 0 Å². The summed E-state index contributed by atoms with van der Waals surface area (Å²) in [7, 11) is -7.17. The van der Waals surface area contributed by atoms with E-state index in [-0.39, 0.29) is 22.5 Å². The maximum Gasteiger partial charge on any atom is 0.185 e. The van der Waals surface area contributed by atoms with Crippen LogP contribution in [0.3, 0.4) is 0 Å². The van der Waals surface area contributed by atoms with Crippen molar-refractivity contribution in [1.82, 2.24) is 0 Å². The molecule has 0 saturated carbocycles. The van der Waals surface area contributed by atoms with Crippen LogP contribution in [0.15, 0.2) is 81.1 Å². The lowest BCUT2D eigenvalue weighted by Crippen LogP contribution is -2.35. The summed E-state index contributed by atoms with van der Waals surface area (Å²) in [4.78, 5) is 0.595. The SMILES string of the molecule is CC(=CCS(=O)(=O)c1ccc(C)cc1)CC(C1=C(C)CCCC1(C)C)S(=O)(=O)c1ccc(C)cc1. The van der Waals surface area contributed by atoms with Crippen molar-refractivity contribution in [1.29, 1.82) is 0 Å².